The van der Waals surface area contributed by atoms with Gasteiger partial charge in [0.25, 0.3) is 5.91 Å². The molecule has 0 bridgehead atoms. The number of ether oxygens (including phenoxy) is 2. The van der Waals surface area contributed by atoms with Crippen molar-refractivity contribution in [3.8, 4) is 11.5 Å². The van der Waals surface area contributed by atoms with Crippen LogP contribution in [0.4, 0.5) is 0 Å². The molecule has 0 aromatic heterocycles. The molecule has 6 nitrogen and oxygen atoms in total. The van der Waals surface area contributed by atoms with Gasteiger partial charge in [0.2, 0.25) is 5.91 Å². The Labute approximate surface area is 191 Å². The predicted octanol–water partition coefficient (Wildman–Crippen LogP) is 4.22. The highest BCUT2D eigenvalue weighted by Gasteiger charge is 2.29. The maximum atomic E-state index is 13.2. The molecule has 0 heterocycles. The van der Waals surface area contributed by atoms with Crippen molar-refractivity contribution in [3.63, 3.8) is 0 Å². The third kappa shape index (κ3) is 7.59. The Hall–Kier alpha value is -3.02. The first-order valence-electron chi connectivity index (χ1n) is 11.3. The molecule has 0 radical (unpaired) electrons. The minimum atomic E-state index is -0.575. The van der Waals surface area contributed by atoms with E-state index in [4.69, 9.17) is 9.47 Å². The summed E-state index contributed by atoms with van der Waals surface area (Å²) in [4.78, 5) is 27.7. The van der Waals surface area contributed by atoms with Gasteiger partial charge < -0.3 is 19.7 Å². The molecular formula is C26H36N2O4. The van der Waals surface area contributed by atoms with E-state index >= 15 is 0 Å². The Kier molecular flexibility index (Phi) is 10.1. The fourth-order valence-corrected chi connectivity index (χ4v) is 3.32. The minimum Gasteiger partial charge on any atom is -0.497 e. The van der Waals surface area contributed by atoms with Crippen molar-refractivity contribution in [2.24, 2.45) is 5.92 Å². The molecule has 1 atom stereocenters. The Morgan fingerprint density at radius 3 is 2.06 bits per heavy atom. The molecule has 0 saturated heterocycles. The van der Waals surface area contributed by atoms with Gasteiger partial charge in [-0.1, -0.05) is 52.0 Å². The van der Waals surface area contributed by atoms with Gasteiger partial charge >= 0.3 is 0 Å². The molecule has 2 amide bonds. The zero-order valence-electron chi connectivity index (χ0n) is 19.9. The van der Waals surface area contributed by atoms with E-state index in [-0.39, 0.29) is 18.4 Å². The van der Waals surface area contributed by atoms with Gasteiger partial charge in [-0.25, -0.2) is 0 Å². The van der Waals surface area contributed by atoms with Gasteiger partial charge in [-0.3, -0.25) is 9.59 Å². The van der Waals surface area contributed by atoms with Crippen LogP contribution in [0.15, 0.2) is 48.5 Å². The van der Waals surface area contributed by atoms with Crippen LogP contribution in [-0.4, -0.2) is 43.0 Å². The molecule has 0 unspecified atom stereocenters. The lowest BCUT2D eigenvalue weighted by molar-refractivity contribution is -0.143. The smallest absolute Gasteiger partial charge is 0.261 e. The van der Waals surface area contributed by atoms with Crippen molar-refractivity contribution < 1.29 is 19.1 Å². The van der Waals surface area contributed by atoms with Crippen molar-refractivity contribution >= 4 is 11.8 Å². The molecule has 0 aliphatic rings. The molecule has 2 aromatic carbocycles. The summed E-state index contributed by atoms with van der Waals surface area (Å²) in [5, 5.41) is 2.97. The van der Waals surface area contributed by atoms with Gasteiger partial charge in [0.05, 0.1) is 7.11 Å². The number of carbonyl (C=O) groups is 2. The van der Waals surface area contributed by atoms with Gasteiger partial charge in [-0.05, 0) is 54.2 Å². The van der Waals surface area contributed by atoms with E-state index in [1.165, 1.54) is 5.56 Å². The Morgan fingerprint density at radius 1 is 0.938 bits per heavy atom. The van der Waals surface area contributed by atoms with Crippen molar-refractivity contribution in [2.75, 3.05) is 20.3 Å². The maximum absolute atomic E-state index is 13.2. The molecule has 0 fully saturated rings. The van der Waals surface area contributed by atoms with Crippen LogP contribution in [0.5, 0.6) is 11.5 Å². The van der Waals surface area contributed by atoms with Crippen molar-refractivity contribution in [1.82, 2.24) is 10.2 Å². The number of aryl methyl sites for hydroxylation is 1. The zero-order valence-corrected chi connectivity index (χ0v) is 19.9. The lowest BCUT2D eigenvalue weighted by atomic mass is 10.1. The largest absolute Gasteiger partial charge is 0.497 e. The first-order chi connectivity index (χ1) is 15.4. The van der Waals surface area contributed by atoms with E-state index < -0.39 is 6.04 Å². The number of nitrogens with one attached hydrogen (secondary N) is 1. The van der Waals surface area contributed by atoms with Crippen LogP contribution in [-0.2, 0) is 22.6 Å². The molecule has 2 rings (SSSR count). The van der Waals surface area contributed by atoms with Crippen LogP contribution >= 0.6 is 0 Å². The SMILES string of the molecule is CCc1ccc(OCC(=O)N(Cc2ccc(OC)cc2)[C@H](CC)C(=O)NCC(C)C)cc1. The molecule has 0 aliphatic carbocycles. The fraction of sp³-hybridized carbons (Fsp3) is 0.462. The highest BCUT2D eigenvalue weighted by Crippen LogP contribution is 2.17. The normalized spacial score (nSPS) is 11.7. The third-order valence-corrected chi connectivity index (χ3v) is 5.28. The van der Waals surface area contributed by atoms with Crippen LogP contribution in [0, 0.1) is 5.92 Å². The fourth-order valence-electron chi connectivity index (χ4n) is 3.32. The lowest BCUT2D eigenvalue weighted by Crippen LogP contribution is -2.50. The summed E-state index contributed by atoms with van der Waals surface area (Å²) in [7, 11) is 1.61. The predicted molar refractivity (Wildman–Crippen MR) is 127 cm³/mol. The first-order valence-corrected chi connectivity index (χ1v) is 11.3. The van der Waals surface area contributed by atoms with E-state index in [1.54, 1.807) is 12.0 Å². The molecular weight excluding hydrogens is 404 g/mol. The minimum absolute atomic E-state index is 0.129. The average Bonchev–Trinajstić information content (AvgIpc) is 2.81. The number of hydrogen-bond donors (Lipinski definition) is 1. The second-order valence-electron chi connectivity index (χ2n) is 8.22. The number of hydrogen-bond acceptors (Lipinski definition) is 4. The van der Waals surface area contributed by atoms with Gasteiger partial charge in [0.1, 0.15) is 17.5 Å². The van der Waals surface area contributed by atoms with Gasteiger partial charge in [-0.2, -0.15) is 0 Å². The van der Waals surface area contributed by atoms with Gasteiger partial charge in [0, 0.05) is 13.1 Å². The number of nitrogens with zero attached hydrogens (tertiary/aromatic N) is 1. The molecule has 0 aliphatic heterocycles. The molecule has 2 aromatic rings. The van der Waals surface area contributed by atoms with E-state index in [1.807, 2.05) is 69.3 Å². The summed E-state index contributed by atoms with van der Waals surface area (Å²) in [5.41, 5.74) is 2.12. The highest BCUT2D eigenvalue weighted by atomic mass is 16.5. The summed E-state index contributed by atoms with van der Waals surface area (Å²) in [6, 6.07) is 14.7. The monoisotopic (exact) mass is 440 g/mol. The quantitative estimate of drug-likeness (QED) is 0.537. The first kappa shape index (κ1) is 25.2. The maximum Gasteiger partial charge on any atom is 0.261 e. The molecule has 1 N–H and O–H groups in total. The van der Waals surface area contributed by atoms with Crippen molar-refractivity contribution in [1.29, 1.82) is 0 Å². The summed E-state index contributed by atoms with van der Waals surface area (Å²) in [5.74, 6) is 1.34. The van der Waals surface area contributed by atoms with E-state index in [0.29, 0.717) is 31.2 Å². The van der Waals surface area contributed by atoms with E-state index in [2.05, 4.69) is 12.2 Å². The molecule has 0 saturated carbocycles. The number of benzene rings is 2. The summed E-state index contributed by atoms with van der Waals surface area (Å²) in [6.45, 7) is 8.84. The van der Waals surface area contributed by atoms with Crippen molar-refractivity contribution in [3.05, 3.63) is 59.7 Å². The second-order valence-corrected chi connectivity index (χ2v) is 8.22. The number of amides is 2. The van der Waals surface area contributed by atoms with E-state index in [0.717, 1.165) is 17.7 Å². The molecule has 6 heteroatoms. The summed E-state index contributed by atoms with van der Waals surface area (Å²) >= 11 is 0. The van der Waals surface area contributed by atoms with Crippen LogP contribution in [0.1, 0.15) is 45.2 Å². The van der Waals surface area contributed by atoms with Crippen LogP contribution < -0.4 is 14.8 Å². The second kappa shape index (κ2) is 12.7. The molecule has 32 heavy (non-hydrogen) atoms. The molecule has 0 spiro atoms. The third-order valence-electron chi connectivity index (χ3n) is 5.28. The summed E-state index contributed by atoms with van der Waals surface area (Å²) < 4.78 is 11.0. The molecule has 174 valence electrons. The van der Waals surface area contributed by atoms with Crippen LogP contribution in [0.3, 0.4) is 0 Å². The Bertz CT molecular complexity index is 847. The van der Waals surface area contributed by atoms with Crippen molar-refractivity contribution in [2.45, 2.75) is 53.1 Å². The zero-order chi connectivity index (χ0) is 23.5. The Balaban J connectivity index is 2.17. The topological polar surface area (TPSA) is 67.9 Å². The number of carbonyl (C=O) groups excluding carboxylic acids is 2. The standard InChI is InChI=1S/C26H36N2O4/c1-6-20-8-14-23(15-9-20)32-18-25(29)28(17-21-10-12-22(31-5)13-11-21)24(7-2)26(30)27-16-19(3)4/h8-15,19,24H,6-7,16-18H2,1-5H3,(H,27,30)/t24-/m1/s1. The van der Waals surface area contributed by atoms with Crippen LogP contribution in [0.25, 0.3) is 0 Å². The highest BCUT2D eigenvalue weighted by molar-refractivity contribution is 5.88. The van der Waals surface area contributed by atoms with Gasteiger partial charge in [-0.15, -0.1) is 0 Å². The number of rotatable bonds is 12. The number of methoxy groups -OCH3 is 1. The van der Waals surface area contributed by atoms with Gasteiger partial charge in [0.15, 0.2) is 6.61 Å². The summed E-state index contributed by atoms with van der Waals surface area (Å²) in [6.07, 6.45) is 1.45. The van der Waals surface area contributed by atoms with Crippen LogP contribution in [0.2, 0.25) is 0 Å². The van der Waals surface area contributed by atoms with E-state index in [9.17, 15) is 9.59 Å². The Morgan fingerprint density at radius 2 is 1.53 bits per heavy atom. The lowest BCUT2D eigenvalue weighted by Gasteiger charge is -2.31. The average molecular weight is 441 g/mol.